The summed E-state index contributed by atoms with van der Waals surface area (Å²) in [4.78, 5) is 13.1. The molecule has 2 heterocycles. The van der Waals surface area contributed by atoms with Crippen LogP contribution < -0.4 is 5.73 Å². The molecule has 16 heavy (non-hydrogen) atoms. The molecule has 2 N–H and O–H groups in total. The fourth-order valence-electron chi connectivity index (χ4n) is 2.07. The average molecular weight is 212 g/mol. The number of pyridine rings is 1. The number of hydrogen-bond acceptors (Lipinski definition) is 4. The second kappa shape index (κ2) is 3.56. The van der Waals surface area contributed by atoms with Crippen molar-refractivity contribution in [2.45, 2.75) is 19.3 Å². The maximum absolute atomic E-state index is 5.93. The third kappa shape index (κ3) is 1.43. The van der Waals surface area contributed by atoms with Crippen molar-refractivity contribution >= 4 is 5.82 Å². The first kappa shape index (κ1) is 9.27. The summed E-state index contributed by atoms with van der Waals surface area (Å²) in [5, 5.41) is 0. The lowest BCUT2D eigenvalue weighted by Gasteiger charge is -2.05. The first-order valence-corrected chi connectivity index (χ1v) is 5.41. The number of hydrogen-bond donors (Lipinski definition) is 1. The van der Waals surface area contributed by atoms with Crippen molar-refractivity contribution in [2.24, 2.45) is 0 Å². The van der Waals surface area contributed by atoms with Gasteiger partial charge in [-0.2, -0.15) is 0 Å². The van der Waals surface area contributed by atoms with Crippen LogP contribution in [0.4, 0.5) is 5.82 Å². The molecule has 2 aromatic rings. The molecule has 0 fully saturated rings. The molecule has 4 heteroatoms. The number of nitrogens with zero attached hydrogens (tertiary/aromatic N) is 3. The first-order chi connectivity index (χ1) is 7.84. The highest BCUT2D eigenvalue weighted by molar-refractivity contribution is 5.55. The van der Waals surface area contributed by atoms with Gasteiger partial charge >= 0.3 is 0 Å². The average Bonchev–Trinajstić information content (AvgIpc) is 2.79. The zero-order chi connectivity index (χ0) is 11.0. The van der Waals surface area contributed by atoms with E-state index in [-0.39, 0.29) is 0 Å². The monoisotopic (exact) mass is 212 g/mol. The summed E-state index contributed by atoms with van der Waals surface area (Å²) in [5.74, 6) is 1.25. The van der Waals surface area contributed by atoms with Crippen molar-refractivity contribution in [3.63, 3.8) is 0 Å². The fraction of sp³-hybridized carbons (Fsp3) is 0.250. The molecule has 0 bridgehead atoms. The van der Waals surface area contributed by atoms with Crippen LogP contribution in [0.15, 0.2) is 24.4 Å². The lowest BCUT2D eigenvalue weighted by atomic mass is 10.2. The van der Waals surface area contributed by atoms with E-state index in [1.54, 1.807) is 6.20 Å². The molecule has 0 unspecified atom stereocenters. The third-order valence-electron chi connectivity index (χ3n) is 2.86. The zero-order valence-electron chi connectivity index (χ0n) is 8.85. The largest absolute Gasteiger partial charge is 0.383 e. The van der Waals surface area contributed by atoms with Crippen molar-refractivity contribution in [3.8, 4) is 11.5 Å². The van der Waals surface area contributed by atoms with Gasteiger partial charge in [-0.1, -0.05) is 6.07 Å². The summed E-state index contributed by atoms with van der Waals surface area (Å²) < 4.78 is 0. The number of nitrogens with two attached hydrogens (primary N) is 1. The molecule has 0 spiro atoms. The standard InChI is InChI=1S/C12H12N4/c13-11-8-4-3-6-9(8)15-12(16-11)10-5-1-2-7-14-10/h1-2,5,7H,3-4,6H2,(H2,13,15,16). The molecule has 0 radical (unpaired) electrons. The van der Waals surface area contributed by atoms with E-state index in [2.05, 4.69) is 15.0 Å². The number of aryl methyl sites for hydroxylation is 1. The fourth-order valence-corrected chi connectivity index (χ4v) is 2.07. The zero-order valence-corrected chi connectivity index (χ0v) is 8.85. The Bertz CT molecular complexity index is 522. The van der Waals surface area contributed by atoms with Gasteiger partial charge in [0, 0.05) is 17.5 Å². The van der Waals surface area contributed by atoms with Crippen LogP contribution in [0.25, 0.3) is 11.5 Å². The molecule has 3 rings (SSSR count). The Labute approximate surface area is 93.6 Å². The van der Waals surface area contributed by atoms with Crippen LogP contribution in [0, 0.1) is 0 Å². The molecule has 0 atom stereocenters. The second-order valence-electron chi connectivity index (χ2n) is 3.93. The maximum atomic E-state index is 5.93. The summed E-state index contributed by atoms with van der Waals surface area (Å²) in [6.07, 6.45) is 4.87. The van der Waals surface area contributed by atoms with Crippen LogP contribution in [0.3, 0.4) is 0 Å². The predicted molar refractivity (Wildman–Crippen MR) is 61.7 cm³/mol. The Hall–Kier alpha value is -1.97. The first-order valence-electron chi connectivity index (χ1n) is 5.41. The van der Waals surface area contributed by atoms with E-state index in [9.17, 15) is 0 Å². The molecule has 0 aromatic carbocycles. The Kier molecular flexibility index (Phi) is 2.06. The highest BCUT2D eigenvalue weighted by Gasteiger charge is 2.18. The number of nitrogen functional groups attached to an aromatic ring is 1. The van der Waals surface area contributed by atoms with Gasteiger partial charge in [0.15, 0.2) is 5.82 Å². The van der Waals surface area contributed by atoms with Crippen LogP contribution in [0.5, 0.6) is 0 Å². The molecule has 0 amide bonds. The number of anilines is 1. The third-order valence-corrected chi connectivity index (χ3v) is 2.86. The summed E-state index contributed by atoms with van der Waals surface area (Å²) in [6.45, 7) is 0. The summed E-state index contributed by atoms with van der Waals surface area (Å²) in [6, 6.07) is 5.70. The van der Waals surface area contributed by atoms with Gasteiger partial charge in [-0.3, -0.25) is 4.98 Å². The molecule has 4 nitrogen and oxygen atoms in total. The van der Waals surface area contributed by atoms with E-state index in [0.29, 0.717) is 11.6 Å². The number of fused-ring (bicyclic) bond motifs is 1. The molecule has 0 aliphatic heterocycles. The second-order valence-corrected chi connectivity index (χ2v) is 3.93. The van der Waals surface area contributed by atoms with Crippen molar-refractivity contribution in [2.75, 3.05) is 5.73 Å². The van der Waals surface area contributed by atoms with Crippen molar-refractivity contribution in [1.82, 2.24) is 15.0 Å². The van der Waals surface area contributed by atoms with E-state index in [1.807, 2.05) is 18.2 Å². The highest BCUT2D eigenvalue weighted by Crippen LogP contribution is 2.26. The van der Waals surface area contributed by atoms with Gasteiger partial charge in [0.2, 0.25) is 0 Å². The molecular formula is C12H12N4. The smallest absolute Gasteiger partial charge is 0.180 e. The Morgan fingerprint density at radius 3 is 2.88 bits per heavy atom. The number of aromatic nitrogens is 3. The normalized spacial score (nSPS) is 13.8. The molecular weight excluding hydrogens is 200 g/mol. The van der Waals surface area contributed by atoms with Gasteiger partial charge in [0.1, 0.15) is 11.5 Å². The van der Waals surface area contributed by atoms with Gasteiger partial charge < -0.3 is 5.73 Å². The quantitative estimate of drug-likeness (QED) is 0.780. The summed E-state index contributed by atoms with van der Waals surface area (Å²) >= 11 is 0. The lowest BCUT2D eigenvalue weighted by molar-refractivity contribution is 0.900. The molecule has 1 aliphatic carbocycles. The van der Waals surface area contributed by atoms with Gasteiger partial charge in [0.05, 0.1) is 0 Å². The Morgan fingerprint density at radius 1 is 1.12 bits per heavy atom. The minimum atomic E-state index is 0.614. The van der Waals surface area contributed by atoms with Gasteiger partial charge in [-0.15, -0.1) is 0 Å². The molecule has 0 saturated heterocycles. The van der Waals surface area contributed by atoms with Crippen molar-refractivity contribution in [1.29, 1.82) is 0 Å². The molecule has 0 saturated carbocycles. The lowest BCUT2D eigenvalue weighted by Crippen LogP contribution is -2.03. The Balaban J connectivity index is 2.13. The summed E-state index contributed by atoms with van der Waals surface area (Å²) in [7, 11) is 0. The maximum Gasteiger partial charge on any atom is 0.180 e. The van der Waals surface area contributed by atoms with E-state index < -0.39 is 0 Å². The van der Waals surface area contributed by atoms with E-state index in [1.165, 1.54) is 0 Å². The van der Waals surface area contributed by atoms with Crippen molar-refractivity contribution < 1.29 is 0 Å². The molecule has 80 valence electrons. The topological polar surface area (TPSA) is 64.7 Å². The van der Waals surface area contributed by atoms with E-state index in [4.69, 9.17) is 5.73 Å². The SMILES string of the molecule is Nc1nc(-c2ccccn2)nc2c1CCC2. The predicted octanol–water partition coefficient (Wildman–Crippen LogP) is 1.61. The minimum Gasteiger partial charge on any atom is -0.383 e. The highest BCUT2D eigenvalue weighted by atomic mass is 15.0. The van der Waals surface area contributed by atoms with Crippen LogP contribution >= 0.6 is 0 Å². The van der Waals surface area contributed by atoms with Crippen molar-refractivity contribution in [3.05, 3.63) is 35.7 Å². The van der Waals surface area contributed by atoms with Crippen LogP contribution in [-0.2, 0) is 12.8 Å². The minimum absolute atomic E-state index is 0.614. The van der Waals surface area contributed by atoms with Gasteiger partial charge in [0.25, 0.3) is 0 Å². The molecule has 1 aliphatic rings. The van der Waals surface area contributed by atoms with Crippen LogP contribution in [0.1, 0.15) is 17.7 Å². The van der Waals surface area contributed by atoms with Gasteiger partial charge in [-0.25, -0.2) is 9.97 Å². The summed E-state index contributed by atoms with van der Waals surface area (Å²) in [5.41, 5.74) is 8.93. The molecule has 2 aromatic heterocycles. The number of rotatable bonds is 1. The van der Waals surface area contributed by atoms with Gasteiger partial charge in [-0.05, 0) is 31.4 Å². The van der Waals surface area contributed by atoms with E-state index >= 15 is 0 Å². The van der Waals surface area contributed by atoms with E-state index in [0.717, 1.165) is 36.2 Å². The van der Waals surface area contributed by atoms with Crippen LogP contribution in [-0.4, -0.2) is 15.0 Å². The Morgan fingerprint density at radius 2 is 2.06 bits per heavy atom. The van der Waals surface area contributed by atoms with Crippen LogP contribution in [0.2, 0.25) is 0 Å².